The fraction of sp³-hybridized carbons (Fsp3) is 0.500. The lowest BCUT2D eigenvalue weighted by molar-refractivity contribution is 0.000164. The molecule has 0 saturated carbocycles. The molecule has 89 valence electrons. The largest absolute Gasteiger partial charge is 0.491 e. The van der Waals surface area contributed by atoms with Gasteiger partial charge in [0.05, 0.1) is 6.10 Å². The van der Waals surface area contributed by atoms with Crippen LogP contribution in [0.25, 0.3) is 0 Å². The highest BCUT2D eigenvalue weighted by Gasteiger charge is 2.29. The molecule has 0 aliphatic rings. The van der Waals surface area contributed by atoms with Crippen molar-refractivity contribution in [3.63, 3.8) is 0 Å². The highest BCUT2D eigenvalue weighted by Crippen LogP contribution is 2.29. The highest BCUT2D eigenvalue weighted by molar-refractivity contribution is 5.20. The number of rotatable bonds is 6. The zero-order chi connectivity index (χ0) is 12.0. The third-order valence-electron chi connectivity index (χ3n) is 3.33. The summed E-state index contributed by atoms with van der Waals surface area (Å²) >= 11 is 0. The monoisotopic (exact) mass is 221 g/mol. The molecule has 0 saturated heterocycles. The Hall–Kier alpha value is -1.02. The Morgan fingerprint density at radius 3 is 2.50 bits per heavy atom. The van der Waals surface area contributed by atoms with Gasteiger partial charge in [-0.05, 0) is 30.4 Å². The van der Waals surface area contributed by atoms with Crippen LogP contribution in [0.5, 0.6) is 5.75 Å². The van der Waals surface area contributed by atoms with Gasteiger partial charge in [-0.3, -0.25) is 0 Å². The summed E-state index contributed by atoms with van der Waals surface area (Å²) < 4.78 is 5.54. The minimum Gasteiger partial charge on any atom is -0.491 e. The molecule has 1 N–H and O–H groups in total. The summed E-state index contributed by atoms with van der Waals surface area (Å²) in [5.41, 5.74) is -0.158. The maximum Gasteiger partial charge on any atom is 0.119 e. The second-order valence-corrected chi connectivity index (χ2v) is 4.40. The van der Waals surface area contributed by atoms with E-state index in [1.54, 1.807) is 0 Å². The van der Waals surface area contributed by atoms with E-state index in [0.29, 0.717) is 13.0 Å². The lowest BCUT2D eigenvalue weighted by Crippen LogP contribution is -2.36. The molecule has 2 atom stereocenters. The van der Waals surface area contributed by atoms with E-state index in [9.17, 15) is 5.11 Å². The van der Waals surface area contributed by atoms with Gasteiger partial charge in [0.25, 0.3) is 0 Å². The van der Waals surface area contributed by atoms with Crippen LogP contribution in [0.4, 0.5) is 0 Å². The Bertz CT molecular complexity index is 291. The van der Waals surface area contributed by atoms with Gasteiger partial charge in [0, 0.05) is 0 Å². The van der Waals surface area contributed by atoms with E-state index in [4.69, 9.17) is 4.74 Å². The van der Waals surface area contributed by atoms with E-state index in [2.05, 4.69) is 13.8 Å². The molecule has 1 aromatic carbocycles. The fourth-order valence-corrected chi connectivity index (χ4v) is 1.47. The first-order chi connectivity index (χ1) is 7.62. The van der Waals surface area contributed by atoms with Gasteiger partial charge < -0.3 is 9.84 Å². The van der Waals surface area contributed by atoms with Crippen molar-refractivity contribution in [2.75, 3.05) is 6.61 Å². The zero-order valence-electron chi connectivity index (χ0n) is 10.1. The van der Waals surface area contributed by atoms with Crippen LogP contribution in [-0.2, 0) is 0 Å². The molecule has 0 heterocycles. The van der Waals surface area contributed by atoms with Crippen molar-refractivity contribution in [3.8, 4) is 5.75 Å². The van der Waals surface area contributed by atoms with Crippen molar-refractivity contribution in [2.45, 2.75) is 32.8 Å². The molecule has 0 spiro atoms. The van der Waals surface area contributed by atoms with Crippen molar-refractivity contribution in [1.82, 2.24) is 0 Å². The number of ether oxygens (including phenoxy) is 1. The average Bonchev–Trinajstić information content (AvgIpc) is 2.36. The van der Waals surface area contributed by atoms with Crippen LogP contribution in [0.1, 0.15) is 26.7 Å². The molecule has 1 aromatic rings. The highest BCUT2D eigenvalue weighted by atomic mass is 16.5. The van der Waals surface area contributed by atoms with Gasteiger partial charge in [-0.25, -0.2) is 0 Å². The Balaban J connectivity index is 2.49. The summed E-state index contributed by atoms with van der Waals surface area (Å²) in [7, 11) is 0. The maximum absolute atomic E-state index is 10.1. The number of aliphatic hydroxyl groups is 1. The molecular formula is C14H21O2. The Kier molecular flexibility index (Phi) is 4.81. The van der Waals surface area contributed by atoms with Crippen LogP contribution < -0.4 is 4.74 Å². The smallest absolute Gasteiger partial charge is 0.119 e. The molecule has 2 heteroatoms. The van der Waals surface area contributed by atoms with Crippen LogP contribution >= 0.6 is 0 Å². The molecule has 0 amide bonds. The standard InChI is InChI=1S/C14H21O2/c1-4-14(3,5-2)13(15)11-16-12-9-7-6-8-10-12/h6-10,13,15H,1,4-5,11H2,2-3H3. The number of benzene rings is 1. The summed E-state index contributed by atoms with van der Waals surface area (Å²) in [5, 5.41) is 10.1. The van der Waals surface area contributed by atoms with E-state index in [0.717, 1.165) is 12.2 Å². The number of aliphatic hydroxyl groups excluding tert-OH is 1. The predicted octanol–water partition coefficient (Wildman–Crippen LogP) is 3.07. The molecule has 0 aliphatic heterocycles. The summed E-state index contributed by atoms with van der Waals surface area (Å²) in [4.78, 5) is 0. The second kappa shape index (κ2) is 5.90. The molecule has 1 rings (SSSR count). The zero-order valence-corrected chi connectivity index (χ0v) is 10.1. The summed E-state index contributed by atoms with van der Waals surface area (Å²) in [6.45, 7) is 8.32. The van der Waals surface area contributed by atoms with E-state index in [1.165, 1.54) is 0 Å². The minimum atomic E-state index is -0.477. The van der Waals surface area contributed by atoms with Gasteiger partial charge in [-0.1, -0.05) is 39.0 Å². The first kappa shape index (κ1) is 13.0. The van der Waals surface area contributed by atoms with Gasteiger partial charge in [0.1, 0.15) is 12.4 Å². The predicted molar refractivity (Wildman–Crippen MR) is 66.3 cm³/mol. The normalized spacial score (nSPS) is 13.5. The van der Waals surface area contributed by atoms with Crippen LogP contribution in [0.15, 0.2) is 30.3 Å². The minimum absolute atomic E-state index is 0.158. The lowest BCUT2D eigenvalue weighted by Gasteiger charge is -2.32. The quantitative estimate of drug-likeness (QED) is 0.800. The van der Waals surface area contributed by atoms with Gasteiger partial charge >= 0.3 is 0 Å². The van der Waals surface area contributed by atoms with Crippen molar-refractivity contribution < 1.29 is 9.84 Å². The molecule has 2 nitrogen and oxygen atoms in total. The number of hydrogen-bond donors (Lipinski definition) is 1. The van der Waals surface area contributed by atoms with Crippen LogP contribution in [0.2, 0.25) is 0 Å². The third-order valence-corrected chi connectivity index (χ3v) is 3.33. The van der Waals surface area contributed by atoms with Crippen LogP contribution in [0.3, 0.4) is 0 Å². The molecule has 0 aliphatic carbocycles. The van der Waals surface area contributed by atoms with Gasteiger partial charge in [-0.2, -0.15) is 0 Å². The van der Waals surface area contributed by atoms with Gasteiger partial charge in [0.2, 0.25) is 0 Å². The lowest BCUT2D eigenvalue weighted by atomic mass is 9.79. The second-order valence-electron chi connectivity index (χ2n) is 4.40. The SMILES string of the molecule is [CH2]CC(C)(CC)C(O)COc1ccccc1. The molecule has 2 unspecified atom stereocenters. The topological polar surface area (TPSA) is 29.5 Å². The summed E-state index contributed by atoms with van der Waals surface area (Å²) in [6.07, 6.45) is 1.13. The number of para-hydroxylation sites is 1. The average molecular weight is 221 g/mol. The van der Waals surface area contributed by atoms with Crippen molar-refractivity contribution in [1.29, 1.82) is 0 Å². The molecule has 0 aromatic heterocycles. The third kappa shape index (κ3) is 3.24. The Labute approximate surface area is 98.3 Å². The Morgan fingerprint density at radius 1 is 1.38 bits per heavy atom. The van der Waals surface area contributed by atoms with Crippen molar-refractivity contribution in [2.24, 2.45) is 5.41 Å². The van der Waals surface area contributed by atoms with E-state index in [-0.39, 0.29) is 5.41 Å². The number of hydrogen-bond acceptors (Lipinski definition) is 2. The molecule has 0 bridgehead atoms. The Morgan fingerprint density at radius 2 is 2.00 bits per heavy atom. The summed E-state index contributed by atoms with van der Waals surface area (Å²) in [6, 6.07) is 9.56. The van der Waals surface area contributed by atoms with E-state index >= 15 is 0 Å². The van der Waals surface area contributed by atoms with E-state index in [1.807, 2.05) is 37.3 Å². The fourth-order valence-electron chi connectivity index (χ4n) is 1.47. The first-order valence-electron chi connectivity index (χ1n) is 5.77. The van der Waals surface area contributed by atoms with Crippen LogP contribution in [0, 0.1) is 12.3 Å². The molecule has 0 fully saturated rings. The van der Waals surface area contributed by atoms with Gasteiger partial charge in [-0.15, -0.1) is 0 Å². The molecule has 1 radical (unpaired) electrons. The molecular weight excluding hydrogens is 200 g/mol. The van der Waals surface area contributed by atoms with E-state index < -0.39 is 6.10 Å². The van der Waals surface area contributed by atoms with Crippen molar-refractivity contribution >= 4 is 0 Å². The van der Waals surface area contributed by atoms with Crippen LogP contribution in [-0.4, -0.2) is 17.8 Å². The van der Waals surface area contributed by atoms with Crippen molar-refractivity contribution in [3.05, 3.63) is 37.3 Å². The molecule has 16 heavy (non-hydrogen) atoms. The maximum atomic E-state index is 10.1. The van der Waals surface area contributed by atoms with Gasteiger partial charge in [0.15, 0.2) is 0 Å². The summed E-state index contributed by atoms with van der Waals surface area (Å²) in [5.74, 6) is 0.795. The first-order valence-corrected chi connectivity index (χ1v) is 5.77.